The molecule has 2 aromatic rings. The number of likely N-dealkylation sites (tertiary alicyclic amines) is 1. The summed E-state index contributed by atoms with van der Waals surface area (Å²) in [6.07, 6.45) is 6.65. The summed E-state index contributed by atoms with van der Waals surface area (Å²) in [7, 11) is 0. The van der Waals surface area contributed by atoms with Gasteiger partial charge in [0, 0.05) is 24.2 Å². The molecule has 166 valence electrons. The highest BCUT2D eigenvalue weighted by Crippen LogP contribution is 2.34. The maximum atomic E-state index is 12.7. The van der Waals surface area contributed by atoms with E-state index in [-0.39, 0.29) is 0 Å². The van der Waals surface area contributed by atoms with Crippen molar-refractivity contribution in [3.8, 4) is 17.3 Å². The monoisotopic (exact) mass is 431 g/mol. The van der Waals surface area contributed by atoms with Crippen LogP contribution in [-0.4, -0.2) is 56.6 Å². The Hall–Kier alpha value is -2.91. The van der Waals surface area contributed by atoms with Crippen LogP contribution in [0.2, 0.25) is 0 Å². The molecule has 2 aliphatic heterocycles. The van der Waals surface area contributed by atoms with Crippen molar-refractivity contribution in [2.24, 2.45) is 0 Å². The van der Waals surface area contributed by atoms with E-state index in [1.165, 1.54) is 33.7 Å². The Labute approximate surface area is 190 Å². The number of hydrogen-bond acceptors (Lipinski definition) is 3. The lowest BCUT2D eigenvalue weighted by molar-refractivity contribution is -0.892. The van der Waals surface area contributed by atoms with Gasteiger partial charge in [-0.3, -0.25) is 4.79 Å². The maximum absolute atomic E-state index is 12.7. The zero-order valence-electron chi connectivity index (χ0n) is 18.8. The molecular formula is C26H33N5O+2. The van der Waals surface area contributed by atoms with Gasteiger partial charge in [0.1, 0.15) is 43.5 Å². The average molecular weight is 432 g/mol. The van der Waals surface area contributed by atoms with Crippen LogP contribution in [0.15, 0.2) is 30.3 Å². The van der Waals surface area contributed by atoms with Crippen molar-refractivity contribution < 1.29 is 14.7 Å². The number of carbonyl (C=O) groups is 1. The molecule has 3 heterocycles. The molecule has 0 spiro atoms. The van der Waals surface area contributed by atoms with Gasteiger partial charge in [0.15, 0.2) is 6.54 Å². The summed E-state index contributed by atoms with van der Waals surface area (Å²) in [5.41, 5.74) is 5.73. The Kier molecular flexibility index (Phi) is 6.09. The number of nitrogens with one attached hydrogen (secondary N) is 2. The number of nitrogens with zero attached hydrogens (tertiary/aromatic N) is 3. The maximum Gasteiger partial charge on any atom is 0.293 e. The van der Waals surface area contributed by atoms with Gasteiger partial charge < -0.3 is 9.80 Å². The van der Waals surface area contributed by atoms with Crippen LogP contribution in [0.1, 0.15) is 42.4 Å². The van der Waals surface area contributed by atoms with E-state index in [0.29, 0.717) is 12.5 Å². The summed E-state index contributed by atoms with van der Waals surface area (Å²) in [4.78, 5) is 22.1. The molecule has 3 aliphatic rings. The normalized spacial score (nSPS) is 19.0. The highest BCUT2D eigenvalue weighted by atomic mass is 16.2. The van der Waals surface area contributed by atoms with E-state index in [1.807, 2.05) is 6.07 Å². The number of pyridine rings is 1. The van der Waals surface area contributed by atoms with Gasteiger partial charge in [0.2, 0.25) is 0 Å². The van der Waals surface area contributed by atoms with E-state index in [0.717, 1.165) is 82.8 Å². The van der Waals surface area contributed by atoms with Crippen LogP contribution in [0.25, 0.3) is 11.3 Å². The summed E-state index contributed by atoms with van der Waals surface area (Å²) < 4.78 is 0. The lowest BCUT2D eigenvalue weighted by atomic mass is 9.98. The Balaban J connectivity index is 1.34. The number of H-pyrrole nitrogens is 1. The fourth-order valence-corrected chi connectivity index (χ4v) is 5.60. The number of nitriles is 1. The molecular weight excluding hydrogens is 398 g/mol. The van der Waals surface area contributed by atoms with E-state index in [1.54, 1.807) is 0 Å². The fourth-order valence-electron chi connectivity index (χ4n) is 5.60. The van der Waals surface area contributed by atoms with Crippen LogP contribution in [0.3, 0.4) is 0 Å². The van der Waals surface area contributed by atoms with E-state index in [4.69, 9.17) is 0 Å². The first-order chi connectivity index (χ1) is 15.7. The van der Waals surface area contributed by atoms with E-state index >= 15 is 0 Å². The first-order valence-corrected chi connectivity index (χ1v) is 12.2. The number of aromatic nitrogens is 1. The van der Waals surface area contributed by atoms with Crippen LogP contribution in [0.5, 0.6) is 0 Å². The van der Waals surface area contributed by atoms with Crippen LogP contribution in [-0.2, 0) is 17.6 Å². The lowest BCUT2D eigenvalue weighted by Crippen LogP contribution is -3.16. The summed E-state index contributed by atoms with van der Waals surface area (Å²) in [5.74, 6) is 1.27. The number of benzene rings is 1. The van der Waals surface area contributed by atoms with Gasteiger partial charge in [-0.1, -0.05) is 30.3 Å². The molecule has 0 unspecified atom stereocenters. The van der Waals surface area contributed by atoms with E-state index in [2.05, 4.69) is 45.1 Å². The average Bonchev–Trinajstić information content (AvgIpc) is 3.34. The topological polar surface area (TPSA) is 65.9 Å². The van der Waals surface area contributed by atoms with Crippen molar-refractivity contribution in [3.63, 3.8) is 0 Å². The third kappa shape index (κ3) is 4.10. The zero-order chi connectivity index (χ0) is 21.9. The van der Waals surface area contributed by atoms with Gasteiger partial charge in [0.25, 0.3) is 11.7 Å². The molecule has 0 radical (unpaired) electrons. The minimum Gasteiger partial charge on any atom is -0.338 e. The third-order valence-electron chi connectivity index (χ3n) is 7.37. The summed E-state index contributed by atoms with van der Waals surface area (Å²) in [6.45, 7) is 6.03. The molecule has 6 nitrogen and oxygen atoms in total. The Morgan fingerprint density at radius 3 is 2.41 bits per heavy atom. The molecule has 1 aliphatic carbocycles. The highest BCUT2D eigenvalue weighted by Gasteiger charge is 2.34. The second-order valence-electron chi connectivity index (χ2n) is 9.37. The molecule has 2 saturated heterocycles. The third-order valence-corrected chi connectivity index (χ3v) is 7.37. The highest BCUT2D eigenvalue weighted by molar-refractivity contribution is 5.77. The molecule has 0 saturated carbocycles. The molecule has 0 atom stereocenters. The van der Waals surface area contributed by atoms with Crippen molar-refractivity contribution in [1.29, 1.82) is 5.26 Å². The predicted molar refractivity (Wildman–Crippen MR) is 123 cm³/mol. The standard InChI is InChI=1S/C26H31N5O/c27-18-23-21-10-7-11-22(21)25(20-8-3-1-4-9-20)28-26(23)31-16-14-29(15-17-31)19-24(32)30-12-5-2-6-13-30/h1,3-4,8-9H,2,5-7,10-17,19H2/p+2. The van der Waals surface area contributed by atoms with Crippen molar-refractivity contribution in [1.82, 2.24) is 4.90 Å². The molecule has 2 fully saturated rings. The van der Waals surface area contributed by atoms with Crippen molar-refractivity contribution >= 4 is 11.7 Å². The van der Waals surface area contributed by atoms with Crippen molar-refractivity contribution in [2.75, 3.05) is 50.7 Å². The number of carbonyl (C=O) groups excluding carboxylic acids is 1. The van der Waals surface area contributed by atoms with E-state index in [9.17, 15) is 10.1 Å². The number of piperidine rings is 1. The Morgan fingerprint density at radius 2 is 1.69 bits per heavy atom. The number of quaternary nitrogens is 1. The van der Waals surface area contributed by atoms with Gasteiger partial charge in [-0.05, 0) is 44.1 Å². The summed E-state index contributed by atoms with van der Waals surface area (Å²) in [5, 5.41) is 10.0. The number of amides is 1. The lowest BCUT2D eigenvalue weighted by Gasteiger charge is -2.31. The van der Waals surface area contributed by atoms with Crippen molar-refractivity contribution in [3.05, 3.63) is 47.0 Å². The Morgan fingerprint density at radius 1 is 0.969 bits per heavy atom. The second kappa shape index (κ2) is 9.30. The van der Waals surface area contributed by atoms with E-state index < -0.39 is 0 Å². The summed E-state index contributed by atoms with van der Waals surface area (Å²) in [6, 6.07) is 13.0. The van der Waals surface area contributed by atoms with Gasteiger partial charge in [0.05, 0.1) is 0 Å². The fraction of sp³-hybridized carbons (Fsp3) is 0.500. The number of rotatable bonds is 4. The quantitative estimate of drug-likeness (QED) is 0.792. The van der Waals surface area contributed by atoms with Crippen LogP contribution in [0.4, 0.5) is 5.82 Å². The van der Waals surface area contributed by atoms with Crippen LogP contribution >= 0.6 is 0 Å². The number of piperazine rings is 1. The smallest absolute Gasteiger partial charge is 0.293 e. The molecule has 5 rings (SSSR count). The van der Waals surface area contributed by atoms with Crippen LogP contribution < -0.4 is 14.8 Å². The van der Waals surface area contributed by atoms with Gasteiger partial charge in [-0.2, -0.15) is 5.26 Å². The van der Waals surface area contributed by atoms with Crippen molar-refractivity contribution in [2.45, 2.75) is 38.5 Å². The minimum absolute atomic E-state index is 0.307. The number of anilines is 1. The van der Waals surface area contributed by atoms with Gasteiger partial charge in [-0.25, -0.2) is 9.88 Å². The minimum atomic E-state index is 0.307. The Bertz CT molecular complexity index is 1010. The largest absolute Gasteiger partial charge is 0.338 e. The molecule has 32 heavy (non-hydrogen) atoms. The molecule has 1 aromatic heterocycles. The molecule has 6 heteroatoms. The van der Waals surface area contributed by atoms with Gasteiger partial charge in [-0.15, -0.1) is 0 Å². The molecule has 1 aromatic carbocycles. The van der Waals surface area contributed by atoms with Crippen LogP contribution in [0, 0.1) is 11.3 Å². The molecule has 1 amide bonds. The SMILES string of the molecule is N#Cc1c(N2CC[NH+](CC(=O)N3CCCCC3)CC2)[nH+]c(-c2ccccc2)c2c1CCC2. The zero-order valence-corrected chi connectivity index (χ0v) is 18.8. The number of hydrogen-bond donors (Lipinski definition) is 1. The number of aromatic amines is 1. The predicted octanol–water partition coefficient (Wildman–Crippen LogP) is 1.25. The second-order valence-corrected chi connectivity index (χ2v) is 9.37. The first-order valence-electron chi connectivity index (χ1n) is 12.2. The number of fused-ring (bicyclic) bond motifs is 1. The first kappa shape index (κ1) is 21.0. The summed E-state index contributed by atoms with van der Waals surface area (Å²) >= 11 is 0. The molecule has 0 bridgehead atoms. The van der Waals surface area contributed by atoms with Gasteiger partial charge >= 0.3 is 0 Å². The molecule has 2 N–H and O–H groups in total.